The fourth-order valence-corrected chi connectivity index (χ4v) is 2.80. The highest BCUT2D eigenvalue weighted by Crippen LogP contribution is 2.21. The van der Waals surface area contributed by atoms with Crippen LogP contribution in [0.1, 0.15) is 5.56 Å². The van der Waals surface area contributed by atoms with E-state index in [2.05, 4.69) is 0 Å². The number of allylic oxidation sites excluding steroid dienone is 1. The minimum absolute atomic E-state index is 0.0755. The van der Waals surface area contributed by atoms with E-state index in [-0.39, 0.29) is 15.6 Å². The summed E-state index contributed by atoms with van der Waals surface area (Å²) >= 11 is 0. The van der Waals surface area contributed by atoms with E-state index in [1.54, 1.807) is 24.3 Å². The van der Waals surface area contributed by atoms with Crippen LogP contribution in [0.3, 0.4) is 0 Å². The fourth-order valence-electron chi connectivity index (χ4n) is 1.62. The van der Waals surface area contributed by atoms with Gasteiger partial charge in [0, 0.05) is 0 Å². The van der Waals surface area contributed by atoms with Crippen molar-refractivity contribution in [2.75, 3.05) is 0 Å². The van der Waals surface area contributed by atoms with Crippen LogP contribution in [-0.4, -0.2) is 13.5 Å². The van der Waals surface area contributed by atoms with E-state index < -0.39 is 9.84 Å². The standard InChI is InChI=1S/C15H11NO3S/c16-11-15(10-12-6-8-13(17)9-7-12)20(18,19)14-4-2-1-3-5-14/h1-10,17H/b15-10+. The molecule has 2 rings (SSSR count). The van der Waals surface area contributed by atoms with Gasteiger partial charge in [0.05, 0.1) is 4.90 Å². The molecule has 2 aromatic carbocycles. The summed E-state index contributed by atoms with van der Waals surface area (Å²) in [5.74, 6) is 0.0755. The third kappa shape index (κ3) is 2.87. The maximum absolute atomic E-state index is 12.3. The first-order valence-electron chi connectivity index (χ1n) is 5.75. The van der Waals surface area contributed by atoms with Crippen molar-refractivity contribution in [3.05, 3.63) is 65.1 Å². The van der Waals surface area contributed by atoms with E-state index in [4.69, 9.17) is 5.26 Å². The minimum atomic E-state index is -3.82. The van der Waals surface area contributed by atoms with Crippen LogP contribution in [0.2, 0.25) is 0 Å². The molecule has 2 aromatic rings. The van der Waals surface area contributed by atoms with Crippen LogP contribution in [0.5, 0.6) is 5.75 Å². The second-order valence-electron chi connectivity index (χ2n) is 4.03. The van der Waals surface area contributed by atoms with Gasteiger partial charge in [-0.25, -0.2) is 8.42 Å². The van der Waals surface area contributed by atoms with Crippen molar-refractivity contribution < 1.29 is 13.5 Å². The average molecular weight is 285 g/mol. The maximum atomic E-state index is 12.3. The molecule has 0 aliphatic rings. The van der Waals surface area contributed by atoms with Gasteiger partial charge < -0.3 is 5.11 Å². The highest BCUT2D eigenvalue weighted by atomic mass is 32.2. The molecule has 100 valence electrons. The van der Waals surface area contributed by atoms with Gasteiger partial charge in [0.25, 0.3) is 0 Å². The van der Waals surface area contributed by atoms with E-state index in [9.17, 15) is 13.5 Å². The Balaban J connectivity index is 2.48. The Bertz CT molecular complexity index is 770. The molecule has 1 N–H and O–H groups in total. The molecule has 0 amide bonds. The largest absolute Gasteiger partial charge is 0.508 e. The minimum Gasteiger partial charge on any atom is -0.508 e. The Morgan fingerprint density at radius 3 is 2.20 bits per heavy atom. The predicted molar refractivity (Wildman–Crippen MR) is 75.3 cm³/mol. The molecule has 0 aliphatic heterocycles. The number of sulfone groups is 1. The van der Waals surface area contributed by atoms with Gasteiger partial charge in [-0.3, -0.25) is 0 Å². The first kappa shape index (κ1) is 13.8. The number of nitrogens with zero attached hydrogens (tertiary/aromatic N) is 1. The number of nitriles is 1. The van der Waals surface area contributed by atoms with Gasteiger partial charge in [-0.2, -0.15) is 5.26 Å². The predicted octanol–water partition coefficient (Wildman–Crippen LogP) is 2.73. The summed E-state index contributed by atoms with van der Waals surface area (Å²) in [5, 5.41) is 18.3. The fraction of sp³-hybridized carbons (Fsp3) is 0. The van der Waals surface area contributed by atoms with Gasteiger partial charge in [0.15, 0.2) is 0 Å². The Kier molecular flexibility index (Phi) is 3.87. The molecule has 0 heterocycles. The number of phenolic OH excluding ortho intramolecular Hbond substituents is 1. The molecule has 0 aromatic heterocycles. The van der Waals surface area contributed by atoms with E-state index in [1.807, 2.05) is 0 Å². The van der Waals surface area contributed by atoms with Crippen molar-refractivity contribution in [2.45, 2.75) is 4.90 Å². The second kappa shape index (κ2) is 5.59. The van der Waals surface area contributed by atoms with Crippen LogP contribution < -0.4 is 0 Å². The monoisotopic (exact) mass is 285 g/mol. The van der Waals surface area contributed by atoms with E-state index in [1.165, 1.54) is 42.5 Å². The van der Waals surface area contributed by atoms with Gasteiger partial charge in [-0.1, -0.05) is 30.3 Å². The topological polar surface area (TPSA) is 78.2 Å². The summed E-state index contributed by atoms with van der Waals surface area (Å²) in [6.07, 6.45) is 1.28. The third-order valence-corrected chi connectivity index (χ3v) is 4.32. The van der Waals surface area contributed by atoms with Gasteiger partial charge in [-0.15, -0.1) is 0 Å². The molecule has 20 heavy (non-hydrogen) atoms. The molecule has 5 heteroatoms. The van der Waals surface area contributed by atoms with Crippen LogP contribution in [-0.2, 0) is 9.84 Å². The normalized spacial score (nSPS) is 11.8. The molecule has 0 saturated heterocycles. The summed E-state index contributed by atoms with van der Waals surface area (Å²) in [6.45, 7) is 0. The Hall–Kier alpha value is -2.58. The number of hydrogen-bond donors (Lipinski definition) is 1. The highest BCUT2D eigenvalue weighted by molar-refractivity contribution is 7.95. The Morgan fingerprint density at radius 1 is 1.05 bits per heavy atom. The molecular formula is C15H11NO3S. The molecule has 0 saturated carbocycles. The number of hydrogen-bond acceptors (Lipinski definition) is 4. The van der Waals surface area contributed by atoms with Crippen LogP contribution in [0.4, 0.5) is 0 Å². The van der Waals surface area contributed by atoms with E-state index in [0.717, 1.165) is 0 Å². The SMILES string of the molecule is N#C/C(=C\c1ccc(O)cc1)S(=O)(=O)c1ccccc1. The highest BCUT2D eigenvalue weighted by Gasteiger charge is 2.20. The summed E-state index contributed by atoms with van der Waals surface area (Å²) in [6, 6.07) is 15.4. The molecule has 0 aliphatic carbocycles. The van der Waals surface area contributed by atoms with Gasteiger partial charge in [0.2, 0.25) is 9.84 Å². The average Bonchev–Trinajstić information content (AvgIpc) is 2.47. The van der Waals surface area contributed by atoms with Crippen molar-refractivity contribution in [1.82, 2.24) is 0 Å². The van der Waals surface area contributed by atoms with Crippen molar-refractivity contribution in [3.63, 3.8) is 0 Å². The molecule has 0 unspecified atom stereocenters. The van der Waals surface area contributed by atoms with Crippen LogP contribution in [0.15, 0.2) is 64.4 Å². The quantitative estimate of drug-likeness (QED) is 0.879. The number of rotatable bonds is 3. The smallest absolute Gasteiger partial charge is 0.216 e. The third-order valence-electron chi connectivity index (χ3n) is 2.64. The van der Waals surface area contributed by atoms with Crippen LogP contribution >= 0.6 is 0 Å². The molecule has 0 spiro atoms. The van der Waals surface area contributed by atoms with Crippen molar-refractivity contribution in [2.24, 2.45) is 0 Å². The molecule has 0 atom stereocenters. The van der Waals surface area contributed by atoms with Crippen molar-refractivity contribution >= 4 is 15.9 Å². The first-order valence-corrected chi connectivity index (χ1v) is 7.23. The van der Waals surface area contributed by atoms with Gasteiger partial charge >= 0.3 is 0 Å². The summed E-state index contributed by atoms with van der Waals surface area (Å²) in [5.41, 5.74) is 0.527. The van der Waals surface area contributed by atoms with E-state index in [0.29, 0.717) is 5.56 Å². The van der Waals surface area contributed by atoms with Crippen molar-refractivity contribution in [1.29, 1.82) is 5.26 Å². The van der Waals surface area contributed by atoms with Gasteiger partial charge in [-0.05, 0) is 35.9 Å². The lowest BCUT2D eigenvalue weighted by Gasteiger charge is -2.02. The Morgan fingerprint density at radius 2 is 1.65 bits per heavy atom. The number of benzene rings is 2. The van der Waals surface area contributed by atoms with Gasteiger partial charge in [0.1, 0.15) is 16.7 Å². The zero-order chi connectivity index (χ0) is 14.6. The summed E-state index contributed by atoms with van der Waals surface area (Å²) in [7, 11) is -3.82. The molecule has 0 fully saturated rings. The lowest BCUT2D eigenvalue weighted by molar-refractivity contribution is 0.475. The molecule has 0 bridgehead atoms. The van der Waals surface area contributed by atoms with Crippen molar-refractivity contribution in [3.8, 4) is 11.8 Å². The number of phenols is 1. The zero-order valence-electron chi connectivity index (χ0n) is 10.4. The Labute approximate surface area is 117 Å². The summed E-state index contributed by atoms with van der Waals surface area (Å²) in [4.78, 5) is -0.263. The zero-order valence-corrected chi connectivity index (χ0v) is 11.2. The lowest BCUT2D eigenvalue weighted by atomic mass is 10.2. The maximum Gasteiger partial charge on any atom is 0.216 e. The van der Waals surface area contributed by atoms with Crippen LogP contribution in [0, 0.1) is 11.3 Å². The molecule has 0 radical (unpaired) electrons. The lowest BCUT2D eigenvalue weighted by Crippen LogP contribution is -2.03. The second-order valence-corrected chi connectivity index (χ2v) is 5.95. The number of aromatic hydroxyl groups is 1. The molecular weight excluding hydrogens is 274 g/mol. The summed E-state index contributed by atoms with van der Waals surface area (Å²) < 4.78 is 24.6. The molecule has 4 nitrogen and oxygen atoms in total. The first-order chi connectivity index (χ1) is 9.54. The van der Waals surface area contributed by atoms with E-state index >= 15 is 0 Å². The van der Waals surface area contributed by atoms with Crippen LogP contribution in [0.25, 0.3) is 6.08 Å².